The van der Waals surface area contributed by atoms with Crippen LogP contribution in [0.1, 0.15) is 38.5 Å². The number of benzene rings is 2. The number of halogens is 3. The van der Waals surface area contributed by atoms with Crippen LogP contribution in [0.25, 0.3) is 10.9 Å². The lowest BCUT2D eigenvalue weighted by Gasteiger charge is -2.33. The average Bonchev–Trinajstić information content (AvgIpc) is 3.36. The quantitative estimate of drug-likeness (QED) is 0.443. The van der Waals surface area contributed by atoms with Crippen LogP contribution < -0.4 is 15.8 Å². The highest BCUT2D eigenvalue weighted by atomic mass is 19.4. The number of carbonyl (C=O) groups excluding carboxylic acids is 1. The normalized spacial score (nSPS) is 19.0. The Kier molecular flexibility index (Phi) is 6.45. The third kappa shape index (κ3) is 4.57. The number of ether oxygens (including phenoxy) is 3. The third-order valence-electron chi connectivity index (χ3n) is 6.50. The molecule has 2 atom stereocenters. The molecule has 0 unspecified atom stereocenters. The molecular weight excluding hydrogens is 479 g/mol. The van der Waals surface area contributed by atoms with Gasteiger partial charge in [-0.3, -0.25) is 4.79 Å². The minimum absolute atomic E-state index is 0.0124. The number of nitrogen functional groups attached to an aromatic ring is 1. The van der Waals surface area contributed by atoms with Crippen LogP contribution in [-0.4, -0.2) is 48.5 Å². The monoisotopic (exact) mass is 503 g/mol. The summed E-state index contributed by atoms with van der Waals surface area (Å²) >= 11 is 0. The van der Waals surface area contributed by atoms with E-state index in [0.717, 1.165) is 28.6 Å². The number of aliphatic hydroxyl groups excluding tert-OH is 1. The summed E-state index contributed by atoms with van der Waals surface area (Å²) in [7, 11) is 0. The van der Waals surface area contributed by atoms with E-state index in [4.69, 9.17) is 19.9 Å². The highest BCUT2D eigenvalue weighted by Crippen LogP contribution is 2.39. The maximum absolute atomic E-state index is 13.0. The van der Waals surface area contributed by atoms with E-state index in [1.807, 2.05) is 0 Å². The van der Waals surface area contributed by atoms with E-state index in [1.165, 1.54) is 6.07 Å². The summed E-state index contributed by atoms with van der Waals surface area (Å²) in [6, 6.07) is 8.36. The number of anilines is 1. The number of nitrogens with two attached hydrogens (primary N) is 1. The summed E-state index contributed by atoms with van der Waals surface area (Å²) in [5.74, 6) is -0.327. The van der Waals surface area contributed by atoms with Crippen molar-refractivity contribution < 1.29 is 37.3 Å². The molecule has 1 amide bonds. The fourth-order valence-electron chi connectivity index (χ4n) is 4.60. The van der Waals surface area contributed by atoms with Crippen molar-refractivity contribution in [2.24, 2.45) is 0 Å². The average molecular weight is 503 g/mol. The number of hydrogen-bond donors (Lipinski definition) is 3. The molecule has 36 heavy (non-hydrogen) atoms. The number of amides is 1. The van der Waals surface area contributed by atoms with Crippen LogP contribution in [0, 0.1) is 0 Å². The van der Waals surface area contributed by atoms with Gasteiger partial charge in [-0.05, 0) is 35.9 Å². The van der Waals surface area contributed by atoms with Gasteiger partial charge in [0.2, 0.25) is 0 Å². The number of hydrogen-bond acceptors (Lipinski definition) is 7. The zero-order valence-corrected chi connectivity index (χ0v) is 19.1. The fraction of sp³-hybridized carbons (Fsp3) is 0.360. The van der Waals surface area contributed by atoms with Crippen molar-refractivity contribution in [2.75, 3.05) is 32.1 Å². The van der Waals surface area contributed by atoms with Crippen molar-refractivity contribution in [1.82, 2.24) is 10.3 Å². The Hall–Kier alpha value is -3.41. The van der Waals surface area contributed by atoms with Gasteiger partial charge < -0.3 is 30.4 Å². The number of fused-ring (bicyclic) bond motifs is 4. The molecule has 0 saturated carbocycles. The number of nitrogens with zero attached hydrogens (tertiary/aromatic N) is 1. The molecule has 0 saturated heterocycles. The van der Waals surface area contributed by atoms with Gasteiger partial charge in [-0.1, -0.05) is 6.07 Å². The van der Waals surface area contributed by atoms with Crippen LogP contribution in [0.4, 0.5) is 19.0 Å². The number of pyridine rings is 1. The Labute approximate surface area is 204 Å². The van der Waals surface area contributed by atoms with Crippen LogP contribution in [0.3, 0.4) is 0 Å². The zero-order valence-electron chi connectivity index (χ0n) is 19.1. The minimum Gasteiger partial charge on any atom is -0.491 e. The lowest BCUT2D eigenvalue weighted by atomic mass is 9.90. The van der Waals surface area contributed by atoms with E-state index in [1.54, 1.807) is 18.2 Å². The van der Waals surface area contributed by atoms with Crippen molar-refractivity contribution in [3.63, 3.8) is 0 Å². The SMILES string of the molecule is Nc1nc2ccc(C(=O)NCCO[C@@H]3COc4cc(C(F)(F)F)ccc4[C@@H]3CO)cc2c2c1COC2. The first-order chi connectivity index (χ1) is 17.3. The van der Waals surface area contributed by atoms with Gasteiger partial charge in [0.25, 0.3) is 5.91 Å². The summed E-state index contributed by atoms with van der Waals surface area (Å²) in [6.45, 7) is 0.788. The number of carbonyl (C=O) groups is 1. The van der Waals surface area contributed by atoms with E-state index < -0.39 is 23.8 Å². The second-order valence-electron chi connectivity index (χ2n) is 8.69. The summed E-state index contributed by atoms with van der Waals surface area (Å²) in [6.07, 6.45) is -5.06. The Morgan fingerprint density at radius 2 is 2.00 bits per heavy atom. The number of nitrogens with one attached hydrogen (secondary N) is 1. The van der Waals surface area contributed by atoms with Gasteiger partial charge >= 0.3 is 6.18 Å². The zero-order chi connectivity index (χ0) is 25.4. The first kappa shape index (κ1) is 24.3. The van der Waals surface area contributed by atoms with Crippen LogP contribution in [0.2, 0.25) is 0 Å². The van der Waals surface area contributed by atoms with Crippen molar-refractivity contribution >= 4 is 22.6 Å². The standard InChI is InChI=1S/C25H24F3N3O5/c26-25(27,28)14-2-3-15-17(9-32)22(12-36-21(15)8-14)35-6-5-30-24(33)13-1-4-20-16(7-13)18-10-34-11-19(18)23(29)31-20/h1-4,7-8,17,22,32H,5-6,9-12H2,(H2,29,31)(H,30,33)/t17-,22+/m0/s1. The number of aromatic nitrogens is 1. The van der Waals surface area contributed by atoms with Gasteiger partial charge in [0, 0.05) is 34.5 Å². The van der Waals surface area contributed by atoms with Gasteiger partial charge in [0.1, 0.15) is 24.3 Å². The fourth-order valence-corrected chi connectivity index (χ4v) is 4.60. The molecule has 0 spiro atoms. The molecule has 4 N–H and O–H groups in total. The molecule has 2 aliphatic rings. The van der Waals surface area contributed by atoms with Crippen LogP contribution in [0.15, 0.2) is 36.4 Å². The maximum atomic E-state index is 13.0. The minimum atomic E-state index is -4.48. The van der Waals surface area contributed by atoms with Crippen molar-refractivity contribution in [3.05, 3.63) is 64.2 Å². The van der Waals surface area contributed by atoms with Gasteiger partial charge in [-0.25, -0.2) is 4.98 Å². The Balaban J connectivity index is 1.20. The smallest absolute Gasteiger partial charge is 0.416 e. The van der Waals surface area contributed by atoms with Crippen molar-refractivity contribution in [2.45, 2.75) is 31.4 Å². The molecule has 0 bridgehead atoms. The Morgan fingerprint density at radius 1 is 1.19 bits per heavy atom. The number of rotatable bonds is 6. The predicted octanol–water partition coefficient (Wildman–Crippen LogP) is 3.15. The predicted molar refractivity (Wildman–Crippen MR) is 123 cm³/mol. The molecule has 0 aliphatic carbocycles. The summed E-state index contributed by atoms with van der Waals surface area (Å²) in [4.78, 5) is 17.1. The second kappa shape index (κ2) is 9.57. The lowest BCUT2D eigenvalue weighted by molar-refractivity contribution is -0.137. The number of alkyl halides is 3. The van der Waals surface area contributed by atoms with Gasteiger partial charge in [-0.15, -0.1) is 0 Å². The molecular formula is C25H24F3N3O5. The molecule has 1 aromatic heterocycles. The van der Waals surface area contributed by atoms with E-state index in [2.05, 4.69) is 10.3 Å². The molecule has 0 radical (unpaired) electrons. The van der Waals surface area contributed by atoms with Crippen LogP contribution >= 0.6 is 0 Å². The van der Waals surface area contributed by atoms with Gasteiger partial charge in [0.05, 0.1) is 37.5 Å². The van der Waals surface area contributed by atoms with E-state index in [9.17, 15) is 23.1 Å². The summed E-state index contributed by atoms with van der Waals surface area (Å²) < 4.78 is 55.7. The van der Waals surface area contributed by atoms with E-state index in [0.29, 0.717) is 35.7 Å². The molecule has 0 fully saturated rings. The highest BCUT2D eigenvalue weighted by Gasteiger charge is 2.36. The molecule has 2 aromatic carbocycles. The topological polar surface area (TPSA) is 116 Å². The molecule has 8 nitrogen and oxygen atoms in total. The Bertz CT molecular complexity index is 1310. The molecule has 2 aliphatic heterocycles. The van der Waals surface area contributed by atoms with Crippen LogP contribution in [0.5, 0.6) is 5.75 Å². The molecule has 3 heterocycles. The maximum Gasteiger partial charge on any atom is 0.416 e. The first-order valence-corrected chi connectivity index (χ1v) is 11.4. The van der Waals surface area contributed by atoms with E-state index in [-0.39, 0.29) is 38.0 Å². The second-order valence-corrected chi connectivity index (χ2v) is 8.69. The van der Waals surface area contributed by atoms with E-state index >= 15 is 0 Å². The number of aliphatic hydroxyl groups is 1. The van der Waals surface area contributed by atoms with Crippen molar-refractivity contribution in [3.8, 4) is 5.75 Å². The molecule has 3 aromatic rings. The Morgan fingerprint density at radius 3 is 2.78 bits per heavy atom. The molecule has 190 valence electrons. The van der Waals surface area contributed by atoms with Gasteiger partial charge in [-0.2, -0.15) is 13.2 Å². The van der Waals surface area contributed by atoms with Crippen molar-refractivity contribution in [1.29, 1.82) is 0 Å². The largest absolute Gasteiger partial charge is 0.491 e. The van der Waals surface area contributed by atoms with Gasteiger partial charge in [0.15, 0.2) is 0 Å². The lowest BCUT2D eigenvalue weighted by Crippen LogP contribution is -2.37. The molecule has 11 heteroatoms. The summed E-state index contributed by atoms with van der Waals surface area (Å²) in [5.41, 5.74) is 8.55. The first-order valence-electron chi connectivity index (χ1n) is 11.4. The third-order valence-corrected chi connectivity index (χ3v) is 6.50. The summed E-state index contributed by atoms with van der Waals surface area (Å²) in [5, 5.41) is 13.5. The van der Waals surface area contributed by atoms with Crippen LogP contribution in [-0.2, 0) is 28.9 Å². The molecule has 5 rings (SSSR count). The highest BCUT2D eigenvalue weighted by molar-refractivity contribution is 5.99.